The molecule has 9 rings (SSSR count). The van der Waals surface area contributed by atoms with Crippen LogP contribution in [0.2, 0.25) is 0 Å². The fraction of sp³-hybridized carbons (Fsp3) is 0.0698. The smallest absolute Gasteiger partial charge is 0.123 e. The number of benzene rings is 5. The minimum atomic E-state index is 0.810. The van der Waals surface area contributed by atoms with E-state index in [4.69, 9.17) is 0 Å². The molecule has 47 heavy (non-hydrogen) atoms. The predicted octanol–water partition coefficient (Wildman–Crippen LogP) is 10.1. The summed E-state index contributed by atoms with van der Waals surface area (Å²) in [4.78, 5) is 4.75. The zero-order valence-corrected chi connectivity index (χ0v) is 26.3. The van der Waals surface area contributed by atoms with Gasteiger partial charge >= 0.3 is 0 Å². The molecule has 1 N–H and O–H groups in total. The SMILES string of the molecule is CN1CC=CC=C1c1cccc(-c2cc(C3=CC=CCN3)cc(N3c4ccccc4-c4ccccc4-n4c3cc3ccccc34)c2)c1. The van der Waals surface area contributed by atoms with Crippen molar-refractivity contribution < 1.29 is 0 Å². The first kappa shape index (κ1) is 27.3. The number of nitrogens with zero attached hydrogens (tertiary/aromatic N) is 3. The van der Waals surface area contributed by atoms with Crippen molar-refractivity contribution in [2.75, 3.05) is 25.0 Å². The van der Waals surface area contributed by atoms with E-state index in [-0.39, 0.29) is 0 Å². The summed E-state index contributed by atoms with van der Waals surface area (Å²) in [6, 6.07) is 44.6. The molecule has 4 heterocycles. The molecular weight excluding hydrogens is 573 g/mol. The third-order valence-electron chi connectivity index (χ3n) is 9.47. The number of fused-ring (bicyclic) bond motifs is 7. The van der Waals surface area contributed by atoms with Crippen LogP contribution in [0.1, 0.15) is 11.1 Å². The third kappa shape index (κ3) is 4.60. The first-order valence-electron chi connectivity index (χ1n) is 16.3. The van der Waals surface area contributed by atoms with Crippen LogP contribution in [-0.4, -0.2) is 29.6 Å². The molecule has 0 saturated heterocycles. The molecule has 3 aliphatic heterocycles. The zero-order valence-electron chi connectivity index (χ0n) is 26.3. The topological polar surface area (TPSA) is 23.4 Å². The van der Waals surface area contributed by atoms with E-state index in [0.29, 0.717) is 0 Å². The fourth-order valence-corrected chi connectivity index (χ4v) is 7.24. The lowest BCUT2D eigenvalue weighted by atomic mass is 9.96. The van der Waals surface area contributed by atoms with Crippen molar-refractivity contribution in [2.45, 2.75) is 0 Å². The number of hydrogen-bond donors (Lipinski definition) is 1. The summed E-state index contributed by atoms with van der Waals surface area (Å²) in [6.07, 6.45) is 13.0. The predicted molar refractivity (Wildman–Crippen MR) is 197 cm³/mol. The summed E-state index contributed by atoms with van der Waals surface area (Å²) in [5.41, 5.74) is 14.2. The van der Waals surface area contributed by atoms with Gasteiger partial charge in [0.25, 0.3) is 0 Å². The average molecular weight is 607 g/mol. The van der Waals surface area contributed by atoms with E-state index in [9.17, 15) is 0 Å². The maximum absolute atomic E-state index is 3.63. The fourth-order valence-electron chi connectivity index (χ4n) is 7.24. The maximum Gasteiger partial charge on any atom is 0.123 e. The third-order valence-corrected chi connectivity index (χ3v) is 9.47. The van der Waals surface area contributed by atoms with Gasteiger partial charge in [-0.25, -0.2) is 0 Å². The summed E-state index contributed by atoms with van der Waals surface area (Å²) in [7, 11) is 2.16. The van der Waals surface area contributed by atoms with Crippen LogP contribution in [0.4, 0.5) is 17.2 Å². The second-order valence-corrected chi connectivity index (χ2v) is 12.4. The number of hydrogen-bond acceptors (Lipinski definition) is 3. The molecule has 0 radical (unpaired) electrons. The van der Waals surface area contributed by atoms with Gasteiger partial charge in [-0.1, -0.05) is 97.1 Å². The Bertz CT molecular complexity index is 2310. The van der Waals surface area contributed by atoms with Gasteiger partial charge in [-0.05, 0) is 77.4 Å². The number of anilines is 3. The van der Waals surface area contributed by atoms with Crippen molar-refractivity contribution in [1.82, 2.24) is 14.8 Å². The molecule has 0 saturated carbocycles. The van der Waals surface area contributed by atoms with Gasteiger partial charge in [0.1, 0.15) is 5.82 Å². The largest absolute Gasteiger partial charge is 0.381 e. The highest BCUT2D eigenvalue weighted by Crippen LogP contribution is 2.49. The van der Waals surface area contributed by atoms with E-state index < -0.39 is 0 Å². The molecule has 4 heteroatoms. The molecular formula is C43H34N4. The minimum Gasteiger partial charge on any atom is -0.381 e. The zero-order chi connectivity index (χ0) is 31.3. The van der Waals surface area contributed by atoms with Crippen LogP contribution in [0, 0.1) is 0 Å². The summed E-state index contributed by atoms with van der Waals surface area (Å²) in [5.74, 6) is 1.12. The molecule has 6 aromatic rings. The van der Waals surface area contributed by atoms with Crippen molar-refractivity contribution in [2.24, 2.45) is 0 Å². The molecule has 0 fully saturated rings. The Morgan fingerprint density at radius 3 is 2.17 bits per heavy atom. The molecule has 0 spiro atoms. The van der Waals surface area contributed by atoms with Crippen molar-refractivity contribution in [1.29, 1.82) is 0 Å². The van der Waals surface area contributed by atoms with Crippen LogP contribution in [0.25, 0.3) is 50.2 Å². The average Bonchev–Trinajstić information content (AvgIpc) is 3.46. The van der Waals surface area contributed by atoms with Crippen LogP contribution in [0.3, 0.4) is 0 Å². The maximum atomic E-state index is 3.63. The van der Waals surface area contributed by atoms with E-state index >= 15 is 0 Å². The van der Waals surface area contributed by atoms with E-state index in [1.165, 1.54) is 50.1 Å². The highest BCUT2D eigenvalue weighted by molar-refractivity contribution is 6.00. The van der Waals surface area contributed by atoms with E-state index in [2.05, 4.69) is 185 Å². The quantitative estimate of drug-likeness (QED) is 0.216. The highest BCUT2D eigenvalue weighted by atomic mass is 15.3. The molecule has 5 aromatic carbocycles. The van der Waals surface area contributed by atoms with Crippen LogP contribution in [0.5, 0.6) is 0 Å². The van der Waals surface area contributed by atoms with Gasteiger partial charge in [-0.2, -0.15) is 0 Å². The van der Waals surface area contributed by atoms with Crippen molar-refractivity contribution in [3.63, 3.8) is 0 Å². The van der Waals surface area contributed by atoms with Gasteiger partial charge in [0.15, 0.2) is 0 Å². The van der Waals surface area contributed by atoms with E-state index in [1.807, 2.05) is 0 Å². The number of allylic oxidation sites excluding steroid dienone is 4. The second-order valence-electron chi connectivity index (χ2n) is 12.4. The summed E-state index contributed by atoms with van der Waals surface area (Å²) < 4.78 is 2.43. The van der Waals surface area contributed by atoms with E-state index in [1.54, 1.807) is 0 Å². The van der Waals surface area contributed by atoms with Gasteiger partial charge in [0.2, 0.25) is 0 Å². The minimum absolute atomic E-state index is 0.810. The summed E-state index contributed by atoms with van der Waals surface area (Å²) >= 11 is 0. The Morgan fingerprint density at radius 2 is 1.32 bits per heavy atom. The van der Waals surface area contributed by atoms with Crippen LogP contribution in [-0.2, 0) is 0 Å². The number of aromatic nitrogens is 1. The van der Waals surface area contributed by atoms with E-state index in [0.717, 1.165) is 41.5 Å². The lowest BCUT2D eigenvalue weighted by Crippen LogP contribution is -2.18. The highest BCUT2D eigenvalue weighted by Gasteiger charge is 2.28. The number of likely N-dealkylation sites (N-methyl/N-ethyl adjacent to an activating group) is 1. The molecule has 226 valence electrons. The molecule has 4 nitrogen and oxygen atoms in total. The monoisotopic (exact) mass is 606 g/mol. The number of dihydropyridines is 1. The molecule has 3 aliphatic rings. The Kier molecular flexibility index (Phi) is 6.46. The van der Waals surface area contributed by atoms with Gasteiger partial charge in [-0.3, -0.25) is 9.47 Å². The van der Waals surface area contributed by atoms with Gasteiger partial charge < -0.3 is 10.2 Å². The Labute approximate surface area is 275 Å². The van der Waals surface area contributed by atoms with Gasteiger partial charge in [-0.15, -0.1) is 0 Å². The molecule has 1 aromatic heterocycles. The Morgan fingerprint density at radius 1 is 0.596 bits per heavy atom. The number of para-hydroxylation sites is 3. The summed E-state index contributed by atoms with van der Waals surface area (Å²) in [6.45, 7) is 1.72. The molecule has 0 atom stereocenters. The second kappa shape index (κ2) is 11.1. The number of nitrogens with one attached hydrogen (secondary N) is 1. The first-order chi connectivity index (χ1) is 23.2. The lowest BCUT2D eigenvalue weighted by Gasteiger charge is -2.28. The lowest BCUT2D eigenvalue weighted by molar-refractivity contribution is 0.531. The summed E-state index contributed by atoms with van der Waals surface area (Å²) in [5, 5.41) is 4.84. The normalized spacial score (nSPS) is 14.9. The Hall–Kier alpha value is -6.00. The van der Waals surface area contributed by atoms with Crippen molar-refractivity contribution in [3.8, 4) is 27.9 Å². The molecule has 0 amide bonds. The standard InChI is InChI=1S/C43H34N4/c1-45-24-11-9-19-39(45)31-15-12-14-30(25-31)33-26-34(38-18-8-10-23-44-38)28-35(27-33)46-41-21-6-3-16-36(41)37-17-4-7-22-42(37)47-40-20-5-2-13-32(40)29-43(46)47/h2-22,25-29,44H,23-24H2,1H3. The first-order valence-corrected chi connectivity index (χ1v) is 16.3. The van der Waals surface area contributed by atoms with Crippen LogP contribution in [0.15, 0.2) is 158 Å². The van der Waals surface area contributed by atoms with Gasteiger partial charge in [0, 0.05) is 59.3 Å². The van der Waals surface area contributed by atoms with Gasteiger partial charge in [0.05, 0.1) is 16.9 Å². The van der Waals surface area contributed by atoms with Crippen LogP contribution < -0.4 is 10.2 Å². The molecule has 0 bridgehead atoms. The number of rotatable bonds is 4. The Balaban J connectivity index is 1.31. The van der Waals surface area contributed by atoms with Crippen LogP contribution >= 0.6 is 0 Å². The van der Waals surface area contributed by atoms with Crippen molar-refractivity contribution >= 4 is 39.5 Å². The molecule has 0 unspecified atom stereocenters. The molecule has 0 aliphatic carbocycles. The van der Waals surface area contributed by atoms with Crippen molar-refractivity contribution in [3.05, 3.63) is 169 Å².